The maximum atomic E-state index is 13.1. The minimum absolute atomic E-state index is 0.215. The molecular weight excluding hydrogens is 255 g/mol. The van der Waals surface area contributed by atoms with Crippen LogP contribution in [0.15, 0.2) is 36.4 Å². The summed E-state index contributed by atoms with van der Waals surface area (Å²) in [5, 5.41) is 0.215. The van der Waals surface area contributed by atoms with Crippen LogP contribution < -0.4 is 4.74 Å². The summed E-state index contributed by atoms with van der Waals surface area (Å²) in [5.74, 6) is 0.551. The SMILES string of the molecule is Cc1cc(F)cc(Cl)c1Oc1ccc(C=O)cc1. The molecule has 0 amide bonds. The van der Waals surface area contributed by atoms with Gasteiger partial charge in [-0.15, -0.1) is 0 Å². The normalized spacial score (nSPS) is 10.2. The van der Waals surface area contributed by atoms with Crippen molar-refractivity contribution in [1.29, 1.82) is 0 Å². The fourth-order valence-corrected chi connectivity index (χ4v) is 1.84. The van der Waals surface area contributed by atoms with Crippen molar-refractivity contribution in [3.63, 3.8) is 0 Å². The minimum atomic E-state index is -0.402. The van der Waals surface area contributed by atoms with E-state index < -0.39 is 5.82 Å². The Morgan fingerprint density at radius 3 is 2.44 bits per heavy atom. The Balaban J connectivity index is 2.30. The second kappa shape index (κ2) is 5.19. The van der Waals surface area contributed by atoms with E-state index in [1.165, 1.54) is 12.1 Å². The number of aldehydes is 1. The molecule has 0 radical (unpaired) electrons. The molecular formula is C14H10ClFO2. The zero-order chi connectivity index (χ0) is 13.1. The first-order chi connectivity index (χ1) is 8.60. The van der Waals surface area contributed by atoms with Crippen molar-refractivity contribution in [3.05, 3.63) is 58.4 Å². The van der Waals surface area contributed by atoms with Crippen LogP contribution in [0, 0.1) is 12.7 Å². The van der Waals surface area contributed by atoms with Crippen LogP contribution in [0.4, 0.5) is 4.39 Å². The van der Waals surface area contributed by atoms with Gasteiger partial charge in [0, 0.05) is 5.56 Å². The van der Waals surface area contributed by atoms with E-state index in [4.69, 9.17) is 16.3 Å². The van der Waals surface area contributed by atoms with E-state index in [-0.39, 0.29) is 5.02 Å². The van der Waals surface area contributed by atoms with Crippen molar-refractivity contribution in [2.24, 2.45) is 0 Å². The van der Waals surface area contributed by atoms with Gasteiger partial charge >= 0.3 is 0 Å². The summed E-state index contributed by atoms with van der Waals surface area (Å²) in [4.78, 5) is 10.5. The molecule has 2 rings (SSSR count). The summed E-state index contributed by atoms with van der Waals surface area (Å²) in [5.41, 5.74) is 1.17. The van der Waals surface area contributed by atoms with Gasteiger partial charge < -0.3 is 4.74 Å². The Morgan fingerprint density at radius 2 is 1.89 bits per heavy atom. The van der Waals surface area contributed by atoms with Crippen LogP contribution in [0.5, 0.6) is 11.5 Å². The monoisotopic (exact) mass is 264 g/mol. The molecule has 0 atom stereocenters. The highest BCUT2D eigenvalue weighted by atomic mass is 35.5. The molecule has 2 aromatic carbocycles. The first-order valence-electron chi connectivity index (χ1n) is 5.29. The third kappa shape index (κ3) is 2.68. The topological polar surface area (TPSA) is 26.3 Å². The number of carbonyl (C=O) groups is 1. The van der Waals surface area contributed by atoms with E-state index in [1.807, 2.05) is 0 Å². The number of aryl methyl sites for hydroxylation is 1. The maximum Gasteiger partial charge on any atom is 0.150 e. The molecule has 0 fully saturated rings. The summed E-state index contributed by atoms with van der Waals surface area (Å²) in [6.07, 6.45) is 0.750. The van der Waals surface area contributed by atoms with Crippen molar-refractivity contribution in [1.82, 2.24) is 0 Å². The van der Waals surface area contributed by atoms with Crippen molar-refractivity contribution >= 4 is 17.9 Å². The highest BCUT2D eigenvalue weighted by molar-refractivity contribution is 6.32. The minimum Gasteiger partial charge on any atom is -0.456 e. The molecule has 0 N–H and O–H groups in total. The zero-order valence-corrected chi connectivity index (χ0v) is 10.4. The highest BCUT2D eigenvalue weighted by Gasteiger charge is 2.09. The van der Waals surface area contributed by atoms with Crippen molar-refractivity contribution in [3.8, 4) is 11.5 Å². The summed E-state index contributed by atoms with van der Waals surface area (Å²) >= 11 is 5.92. The van der Waals surface area contributed by atoms with E-state index in [9.17, 15) is 9.18 Å². The molecule has 18 heavy (non-hydrogen) atoms. The lowest BCUT2D eigenvalue weighted by Gasteiger charge is -2.10. The Hall–Kier alpha value is -1.87. The molecule has 0 unspecified atom stereocenters. The zero-order valence-electron chi connectivity index (χ0n) is 9.61. The first kappa shape index (κ1) is 12.6. The van der Waals surface area contributed by atoms with Gasteiger partial charge in [0.05, 0.1) is 5.02 Å². The summed E-state index contributed by atoms with van der Waals surface area (Å²) in [7, 11) is 0. The number of ether oxygens (including phenoxy) is 1. The smallest absolute Gasteiger partial charge is 0.150 e. The second-order valence-corrected chi connectivity index (χ2v) is 4.23. The third-order valence-corrected chi connectivity index (χ3v) is 2.71. The second-order valence-electron chi connectivity index (χ2n) is 3.82. The van der Waals surface area contributed by atoms with E-state index in [0.29, 0.717) is 22.6 Å². The molecule has 0 spiro atoms. The lowest BCUT2D eigenvalue weighted by molar-refractivity contribution is 0.112. The van der Waals surface area contributed by atoms with Crippen molar-refractivity contribution in [2.45, 2.75) is 6.92 Å². The Bertz CT molecular complexity index is 556. The molecule has 0 aliphatic carbocycles. The molecule has 0 saturated heterocycles. The fourth-order valence-electron chi connectivity index (χ4n) is 1.55. The fraction of sp³-hybridized carbons (Fsp3) is 0.0714. The van der Waals surface area contributed by atoms with Crippen molar-refractivity contribution < 1.29 is 13.9 Å². The highest BCUT2D eigenvalue weighted by Crippen LogP contribution is 2.33. The third-order valence-electron chi connectivity index (χ3n) is 2.43. The molecule has 4 heteroatoms. The van der Waals surface area contributed by atoms with Gasteiger partial charge in [-0.25, -0.2) is 4.39 Å². The maximum absolute atomic E-state index is 13.1. The quantitative estimate of drug-likeness (QED) is 0.769. The van der Waals surface area contributed by atoms with Crippen LogP contribution >= 0.6 is 11.6 Å². The van der Waals surface area contributed by atoms with E-state index in [1.54, 1.807) is 31.2 Å². The van der Waals surface area contributed by atoms with Gasteiger partial charge in [0.2, 0.25) is 0 Å². The Kier molecular flexibility index (Phi) is 3.63. The number of hydrogen-bond donors (Lipinski definition) is 0. The molecule has 2 aromatic rings. The van der Waals surface area contributed by atoms with E-state index in [2.05, 4.69) is 0 Å². The molecule has 0 saturated carbocycles. The summed E-state index contributed by atoms with van der Waals surface area (Å²) < 4.78 is 18.6. The standard InChI is InChI=1S/C14H10ClFO2/c1-9-6-11(16)7-13(15)14(9)18-12-4-2-10(8-17)3-5-12/h2-8H,1H3. The van der Waals surface area contributed by atoms with Crippen LogP contribution in [0.2, 0.25) is 5.02 Å². The predicted octanol–water partition coefficient (Wildman–Crippen LogP) is 4.39. The van der Waals surface area contributed by atoms with E-state index in [0.717, 1.165) is 6.29 Å². The number of hydrogen-bond acceptors (Lipinski definition) is 2. The molecule has 0 aromatic heterocycles. The van der Waals surface area contributed by atoms with Gasteiger partial charge in [-0.1, -0.05) is 11.6 Å². The molecule has 0 bridgehead atoms. The number of carbonyl (C=O) groups excluding carboxylic acids is 1. The van der Waals surface area contributed by atoms with Crippen LogP contribution in [0.1, 0.15) is 15.9 Å². The van der Waals surface area contributed by atoms with Gasteiger partial charge in [0.25, 0.3) is 0 Å². The van der Waals surface area contributed by atoms with E-state index >= 15 is 0 Å². The first-order valence-corrected chi connectivity index (χ1v) is 5.66. The Labute approximate surface area is 109 Å². The van der Waals surface area contributed by atoms with Crippen molar-refractivity contribution in [2.75, 3.05) is 0 Å². The lowest BCUT2D eigenvalue weighted by atomic mass is 10.2. The molecule has 0 aliphatic heterocycles. The lowest BCUT2D eigenvalue weighted by Crippen LogP contribution is -1.91. The number of rotatable bonds is 3. The largest absolute Gasteiger partial charge is 0.456 e. The van der Waals surface area contributed by atoms with Gasteiger partial charge in [-0.3, -0.25) is 4.79 Å². The molecule has 2 nitrogen and oxygen atoms in total. The van der Waals surface area contributed by atoms with Crippen LogP contribution in [-0.4, -0.2) is 6.29 Å². The average Bonchev–Trinajstić information content (AvgIpc) is 2.34. The molecule has 0 heterocycles. The van der Waals surface area contributed by atoms with Gasteiger partial charge in [0.1, 0.15) is 23.6 Å². The van der Waals surface area contributed by atoms with Gasteiger partial charge in [-0.2, -0.15) is 0 Å². The number of benzene rings is 2. The Morgan fingerprint density at radius 1 is 1.22 bits per heavy atom. The molecule has 0 aliphatic rings. The summed E-state index contributed by atoms with van der Waals surface area (Å²) in [6, 6.07) is 9.13. The molecule has 92 valence electrons. The van der Waals surface area contributed by atoms with Crippen LogP contribution in [0.25, 0.3) is 0 Å². The summed E-state index contributed by atoms with van der Waals surface area (Å²) in [6.45, 7) is 1.71. The number of halogens is 2. The average molecular weight is 265 g/mol. The van der Waals surface area contributed by atoms with Crippen LogP contribution in [0.3, 0.4) is 0 Å². The van der Waals surface area contributed by atoms with Crippen LogP contribution in [-0.2, 0) is 0 Å². The van der Waals surface area contributed by atoms with Gasteiger partial charge in [0.15, 0.2) is 0 Å². The predicted molar refractivity (Wildman–Crippen MR) is 68.1 cm³/mol. The van der Waals surface area contributed by atoms with Gasteiger partial charge in [-0.05, 0) is 48.9 Å².